The molecule has 1 aliphatic heterocycles. The second-order valence-electron chi connectivity index (χ2n) is 6.72. The summed E-state index contributed by atoms with van der Waals surface area (Å²) in [6, 6.07) is 8.30. The Morgan fingerprint density at radius 2 is 2.00 bits per heavy atom. The van der Waals surface area contributed by atoms with Crippen LogP contribution in [0.25, 0.3) is 0 Å². The minimum Gasteiger partial charge on any atom is -0.378 e. The largest absolute Gasteiger partial charge is 0.378 e. The SMILES string of the molecule is CN(Cc1ccc(C(C)(C)C)cc1)C(=O)C1COCCN1. The molecular weight excluding hydrogens is 264 g/mol. The minimum absolute atomic E-state index is 0.0922. The lowest BCUT2D eigenvalue weighted by atomic mass is 9.87. The molecule has 1 aliphatic rings. The van der Waals surface area contributed by atoms with E-state index < -0.39 is 0 Å². The highest BCUT2D eigenvalue weighted by Gasteiger charge is 2.24. The molecule has 1 atom stereocenters. The van der Waals surface area contributed by atoms with Gasteiger partial charge in [-0.15, -0.1) is 0 Å². The zero-order chi connectivity index (χ0) is 15.5. The number of carbonyl (C=O) groups is 1. The molecule has 0 radical (unpaired) electrons. The number of nitrogens with zero attached hydrogens (tertiary/aromatic N) is 1. The molecule has 1 aromatic rings. The van der Waals surface area contributed by atoms with Crippen LogP contribution in [-0.2, 0) is 21.5 Å². The summed E-state index contributed by atoms with van der Waals surface area (Å²) in [5.41, 5.74) is 2.61. The minimum atomic E-state index is -0.211. The molecule has 1 amide bonds. The standard InChI is InChI=1S/C17H26N2O2/c1-17(2,3)14-7-5-13(6-8-14)11-19(4)16(20)15-12-21-10-9-18-15/h5-8,15,18H,9-12H2,1-4H3. The number of ether oxygens (including phenoxy) is 1. The molecule has 0 aromatic heterocycles. The van der Waals surface area contributed by atoms with Crippen molar-refractivity contribution >= 4 is 5.91 Å². The lowest BCUT2D eigenvalue weighted by Crippen LogP contribution is -2.51. The molecule has 0 spiro atoms. The molecule has 1 saturated heterocycles. The summed E-state index contributed by atoms with van der Waals surface area (Å²) in [7, 11) is 1.84. The molecule has 0 aliphatic carbocycles. The Labute approximate surface area is 127 Å². The molecule has 0 saturated carbocycles. The van der Waals surface area contributed by atoms with Crippen LogP contribution in [0.5, 0.6) is 0 Å². The van der Waals surface area contributed by atoms with E-state index in [-0.39, 0.29) is 17.4 Å². The Kier molecular flexibility index (Phi) is 5.01. The van der Waals surface area contributed by atoms with Crippen LogP contribution in [0.1, 0.15) is 31.9 Å². The van der Waals surface area contributed by atoms with E-state index in [4.69, 9.17) is 4.74 Å². The zero-order valence-electron chi connectivity index (χ0n) is 13.5. The first kappa shape index (κ1) is 16.0. The van der Waals surface area contributed by atoms with Crippen LogP contribution in [-0.4, -0.2) is 43.7 Å². The summed E-state index contributed by atoms with van der Waals surface area (Å²) >= 11 is 0. The van der Waals surface area contributed by atoms with Gasteiger partial charge in [-0.05, 0) is 16.5 Å². The maximum absolute atomic E-state index is 12.3. The van der Waals surface area contributed by atoms with Gasteiger partial charge in [0.15, 0.2) is 0 Å². The Bertz CT molecular complexity index is 471. The summed E-state index contributed by atoms with van der Waals surface area (Å²) in [4.78, 5) is 14.1. The fourth-order valence-electron chi connectivity index (χ4n) is 2.45. The van der Waals surface area contributed by atoms with Crippen molar-refractivity contribution in [3.05, 3.63) is 35.4 Å². The van der Waals surface area contributed by atoms with Gasteiger partial charge in [-0.2, -0.15) is 0 Å². The van der Waals surface area contributed by atoms with Crippen LogP contribution in [0.3, 0.4) is 0 Å². The number of rotatable bonds is 3. The second-order valence-corrected chi connectivity index (χ2v) is 6.72. The lowest BCUT2D eigenvalue weighted by Gasteiger charge is -2.27. The van der Waals surface area contributed by atoms with Crippen molar-refractivity contribution in [1.29, 1.82) is 0 Å². The molecule has 2 rings (SSSR count). The summed E-state index contributed by atoms with van der Waals surface area (Å²) in [5.74, 6) is 0.0922. The maximum atomic E-state index is 12.3. The number of nitrogens with one attached hydrogen (secondary N) is 1. The van der Waals surface area contributed by atoms with Gasteiger partial charge in [0.1, 0.15) is 6.04 Å². The average molecular weight is 290 g/mol. The number of likely N-dealkylation sites (N-methyl/N-ethyl adjacent to an activating group) is 1. The van der Waals surface area contributed by atoms with E-state index in [9.17, 15) is 4.79 Å². The first-order valence-corrected chi connectivity index (χ1v) is 7.53. The van der Waals surface area contributed by atoms with Crippen molar-refractivity contribution in [2.75, 3.05) is 26.8 Å². The second kappa shape index (κ2) is 6.58. The first-order valence-electron chi connectivity index (χ1n) is 7.53. The number of hydrogen-bond acceptors (Lipinski definition) is 3. The van der Waals surface area contributed by atoms with Gasteiger partial charge in [0, 0.05) is 20.1 Å². The fourth-order valence-corrected chi connectivity index (χ4v) is 2.45. The van der Waals surface area contributed by atoms with E-state index >= 15 is 0 Å². The average Bonchev–Trinajstić information content (AvgIpc) is 2.47. The van der Waals surface area contributed by atoms with Gasteiger partial charge in [0.05, 0.1) is 13.2 Å². The van der Waals surface area contributed by atoms with Crippen molar-refractivity contribution in [1.82, 2.24) is 10.2 Å². The number of carbonyl (C=O) groups excluding carboxylic acids is 1. The van der Waals surface area contributed by atoms with Crippen molar-refractivity contribution in [3.63, 3.8) is 0 Å². The van der Waals surface area contributed by atoms with E-state index in [0.29, 0.717) is 19.8 Å². The van der Waals surface area contributed by atoms with E-state index in [0.717, 1.165) is 12.1 Å². The molecular formula is C17H26N2O2. The Morgan fingerprint density at radius 3 is 2.52 bits per heavy atom. The van der Waals surface area contributed by atoms with Gasteiger partial charge in [-0.25, -0.2) is 0 Å². The topological polar surface area (TPSA) is 41.6 Å². The van der Waals surface area contributed by atoms with Crippen LogP contribution in [0.15, 0.2) is 24.3 Å². The van der Waals surface area contributed by atoms with Crippen molar-refractivity contribution in [3.8, 4) is 0 Å². The lowest BCUT2D eigenvalue weighted by molar-refractivity contribution is -0.135. The third-order valence-corrected chi connectivity index (χ3v) is 3.84. The molecule has 4 heteroatoms. The van der Waals surface area contributed by atoms with Gasteiger partial charge in [-0.1, -0.05) is 45.0 Å². The Hall–Kier alpha value is -1.39. The molecule has 1 heterocycles. The number of benzene rings is 1. The third-order valence-electron chi connectivity index (χ3n) is 3.84. The molecule has 4 nitrogen and oxygen atoms in total. The molecule has 0 bridgehead atoms. The summed E-state index contributed by atoms with van der Waals surface area (Å²) < 4.78 is 5.35. The Morgan fingerprint density at radius 1 is 1.33 bits per heavy atom. The normalized spacial score (nSPS) is 19.3. The van der Waals surface area contributed by atoms with Crippen LogP contribution in [0.2, 0.25) is 0 Å². The van der Waals surface area contributed by atoms with Gasteiger partial charge >= 0.3 is 0 Å². The highest BCUT2D eigenvalue weighted by Crippen LogP contribution is 2.22. The van der Waals surface area contributed by atoms with Crippen molar-refractivity contribution < 1.29 is 9.53 Å². The van der Waals surface area contributed by atoms with Crippen LogP contribution >= 0.6 is 0 Å². The highest BCUT2D eigenvalue weighted by atomic mass is 16.5. The molecule has 21 heavy (non-hydrogen) atoms. The molecule has 1 fully saturated rings. The smallest absolute Gasteiger partial charge is 0.242 e. The van der Waals surface area contributed by atoms with E-state index in [1.54, 1.807) is 4.90 Å². The van der Waals surface area contributed by atoms with E-state index in [2.05, 4.69) is 50.4 Å². The summed E-state index contributed by atoms with van der Waals surface area (Å²) in [5, 5.41) is 3.20. The summed E-state index contributed by atoms with van der Waals surface area (Å²) in [6.07, 6.45) is 0. The molecule has 1 unspecified atom stereocenters. The fraction of sp³-hybridized carbons (Fsp3) is 0.588. The summed E-state index contributed by atoms with van der Waals surface area (Å²) in [6.45, 7) is 9.12. The van der Waals surface area contributed by atoms with Crippen molar-refractivity contribution in [2.24, 2.45) is 0 Å². The number of amides is 1. The Balaban J connectivity index is 1.95. The highest BCUT2D eigenvalue weighted by molar-refractivity contribution is 5.81. The van der Waals surface area contributed by atoms with Crippen LogP contribution < -0.4 is 5.32 Å². The predicted octanol–water partition coefficient (Wildman–Crippen LogP) is 1.93. The van der Waals surface area contributed by atoms with Gasteiger partial charge in [0.2, 0.25) is 5.91 Å². The van der Waals surface area contributed by atoms with Crippen molar-refractivity contribution in [2.45, 2.75) is 38.8 Å². The molecule has 1 aromatic carbocycles. The zero-order valence-corrected chi connectivity index (χ0v) is 13.5. The van der Waals surface area contributed by atoms with E-state index in [1.165, 1.54) is 5.56 Å². The quantitative estimate of drug-likeness (QED) is 0.925. The molecule has 1 N–H and O–H groups in total. The van der Waals surface area contributed by atoms with Gasteiger partial charge in [0.25, 0.3) is 0 Å². The van der Waals surface area contributed by atoms with Crippen LogP contribution in [0, 0.1) is 0 Å². The number of morpholine rings is 1. The van der Waals surface area contributed by atoms with Gasteiger partial charge in [-0.3, -0.25) is 4.79 Å². The first-order chi connectivity index (χ1) is 9.88. The monoisotopic (exact) mass is 290 g/mol. The third kappa shape index (κ3) is 4.29. The number of hydrogen-bond donors (Lipinski definition) is 1. The van der Waals surface area contributed by atoms with E-state index in [1.807, 2.05) is 7.05 Å². The maximum Gasteiger partial charge on any atom is 0.242 e. The predicted molar refractivity (Wildman–Crippen MR) is 84.2 cm³/mol. The molecule has 116 valence electrons. The van der Waals surface area contributed by atoms with Gasteiger partial charge < -0.3 is 15.0 Å². The van der Waals surface area contributed by atoms with Crippen LogP contribution in [0.4, 0.5) is 0 Å².